The Morgan fingerprint density at radius 2 is 1.55 bits per heavy atom. The molecule has 6 atom stereocenters. The highest BCUT2D eigenvalue weighted by Gasteiger charge is 2.70. The largest absolute Gasteiger partial charge is 0.503 e. The lowest BCUT2D eigenvalue weighted by Crippen LogP contribution is -2.53. The molecule has 4 amide bonds. The summed E-state index contributed by atoms with van der Waals surface area (Å²) in [5.41, 5.74) is 6.64. The number of benzene rings is 4. The third-order valence-electron chi connectivity index (χ3n) is 12.5. The van der Waals surface area contributed by atoms with Crippen LogP contribution in [0.15, 0.2) is 103 Å². The van der Waals surface area contributed by atoms with Crippen LogP contribution in [0.3, 0.4) is 0 Å². The Morgan fingerprint density at radius 3 is 2.25 bits per heavy atom. The molecule has 286 valence electrons. The lowest BCUT2D eigenvalue weighted by molar-refractivity contribution is -0.138. The van der Waals surface area contributed by atoms with Gasteiger partial charge in [-0.3, -0.25) is 29.5 Å². The molecule has 56 heavy (non-hydrogen) atoms. The molecule has 4 aromatic carbocycles. The number of aryl methyl sites for hydroxylation is 1. The Kier molecular flexibility index (Phi) is 8.89. The number of phenols is 1. The fourth-order valence-corrected chi connectivity index (χ4v) is 10.1. The predicted molar refractivity (Wildman–Crippen MR) is 210 cm³/mol. The molecular weight excluding hydrogens is 732 g/mol. The molecule has 4 fully saturated rings. The Bertz CT molecular complexity index is 2270. The molecule has 0 bridgehead atoms. The van der Waals surface area contributed by atoms with E-state index in [-0.39, 0.29) is 41.2 Å². The molecule has 2 N–H and O–H groups in total. The number of halogens is 1. The van der Waals surface area contributed by atoms with E-state index in [1.807, 2.05) is 91.9 Å². The number of nitrogens with one attached hydrogen (secondary N) is 1. The van der Waals surface area contributed by atoms with Gasteiger partial charge in [-0.2, -0.15) is 5.01 Å². The molecule has 4 aromatic rings. The minimum Gasteiger partial charge on any atom is -0.503 e. The van der Waals surface area contributed by atoms with Gasteiger partial charge in [0.1, 0.15) is 0 Å². The topological polar surface area (TPSA) is 129 Å². The summed E-state index contributed by atoms with van der Waals surface area (Å²) >= 11 is 6.68. The first-order valence-electron chi connectivity index (χ1n) is 19.0. The van der Waals surface area contributed by atoms with E-state index < -0.39 is 46.8 Å². The third-order valence-corrected chi connectivity index (χ3v) is 12.8. The van der Waals surface area contributed by atoms with Crippen molar-refractivity contribution < 1.29 is 33.8 Å². The highest BCUT2D eigenvalue weighted by molar-refractivity contribution is 6.32. The molecule has 0 radical (unpaired) electrons. The monoisotopic (exact) mass is 772 g/mol. The number of hydrogen-bond donors (Lipinski definition) is 2. The van der Waals surface area contributed by atoms with Gasteiger partial charge in [-0.25, -0.2) is 0 Å². The second-order valence-electron chi connectivity index (χ2n) is 15.3. The van der Waals surface area contributed by atoms with Gasteiger partial charge in [0.2, 0.25) is 11.8 Å². The van der Waals surface area contributed by atoms with Gasteiger partial charge in [-0.05, 0) is 85.3 Å². The first kappa shape index (κ1) is 36.0. The van der Waals surface area contributed by atoms with Gasteiger partial charge in [-0.1, -0.05) is 71.3 Å². The highest BCUT2D eigenvalue weighted by atomic mass is 35.5. The van der Waals surface area contributed by atoms with Crippen LogP contribution in [-0.4, -0.2) is 67.2 Å². The van der Waals surface area contributed by atoms with Crippen LogP contribution in [-0.2, 0) is 29.3 Å². The van der Waals surface area contributed by atoms with Gasteiger partial charge in [0.25, 0.3) is 11.8 Å². The van der Waals surface area contributed by atoms with Crippen LogP contribution in [0.2, 0.25) is 5.02 Å². The minimum atomic E-state index is -1.49. The standard InChI is InChI=1S/C44H41ClN4O7/c1-25-8-10-28(11-9-25)46-49-41(52)34-24-33-31(38(26-22-35(45)39(50)36(23-26)55-2)44(34,43(49)54)27-6-4-3-5-7-27)16-17-32-37(33)42(53)48(40(32)51)30-14-12-29(13-15-30)47-18-20-56-21-19-47/h3-16,22-23,32-34,37-38,46,50H,17-21,24H2,1-2H3. The number of nitrogens with zero attached hydrogens (tertiary/aromatic N) is 3. The van der Waals surface area contributed by atoms with Crippen molar-refractivity contribution >= 4 is 52.3 Å². The number of methoxy groups -OCH3 is 1. The number of carbonyl (C=O) groups is 4. The molecule has 5 aliphatic rings. The molecule has 11 nitrogen and oxygen atoms in total. The van der Waals surface area contributed by atoms with Crippen molar-refractivity contribution in [2.45, 2.75) is 31.1 Å². The molecule has 0 spiro atoms. The number of carbonyl (C=O) groups excluding carboxylic acids is 4. The summed E-state index contributed by atoms with van der Waals surface area (Å²) in [5.74, 6) is -5.39. The highest BCUT2D eigenvalue weighted by Crippen LogP contribution is 2.64. The number of allylic oxidation sites excluding steroid dienone is 2. The van der Waals surface area contributed by atoms with E-state index in [0.717, 1.165) is 34.9 Å². The second kappa shape index (κ2) is 13.8. The molecule has 3 heterocycles. The van der Waals surface area contributed by atoms with Crippen molar-refractivity contribution in [2.24, 2.45) is 23.7 Å². The van der Waals surface area contributed by atoms with E-state index >= 15 is 4.79 Å². The summed E-state index contributed by atoms with van der Waals surface area (Å²) in [6, 6.07) is 27.4. The zero-order valence-electron chi connectivity index (χ0n) is 31.0. The zero-order valence-corrected chi connectivity index (χ0v) is 31.7. The van der Waals surface area contributed by atoms with Gasteiger partial charge in [0.05, 0.1) is 59.9 Å². The lowest BCUT2D eigenvalue weighted by Gasteiger charge is -2.50. The Morgan fingerprint density at radius 1 is 0.857 bits per heavy atom. The van der Waals surface area contributed by atoms with Crippen LogP contribution in [0.1, 0.15) is 35.4 Å². The number of hydrazine groups is 1. The average Bonchev–Trinajstić information content (AvgIpc) is 3.61. The molecule has 2 aliphatic carbocycles. The van der Waals surface area contributed by atoms with Crippen LogP contribution in [0.5, 0.6) is 11.5 Å². The Hall–Kier alpha value is -5.65. The fourth-order valence-electron chi connectivity index (χ4n) is 9.93. The number of fused-ring (bicyclic) bond motifs is 4. The van der Waals surface area contributed by atoms with Crippen molar-refractivity contribution in [3.05, 3.63) is 124 Å². The SMILES string of the molecule is COc1cc(C2C3=CCC4C(=O)N(c5ccc(N6CCOCC6)cc5)C(=O)C4C3CC3C(=O)N(Nc4ccc(C)cc4)C(=O)C32c2ccccc2)cc(Cl)c1O. The summed E-state index contributed by atoms with van der Waals surface area (Å²) in [5, 5.41) is 12.0. The number of morpholine rings is 1. The van der Waals surface area contributed by atoms with Gasteiger partial charge in [0.15, 0.2) is 11.5 Å². The molecular formula is C44H41ClN4O7. The molecule has 3 aliphatic heterocycles. The maximum absolute atomic E-state index is 15.4. The van der Waals surface area contributed by atoms with E-state index in [2.05, 4.69) is 10.3 Å². The van der Waals surface area contributed by atoms with Crippen LogP contribution in [0, 0.1) is 30.6 Å². The summed E-state index contributed by atoms with van der Waals surface area (Å²) in [7, 11) is 1.42. The van der Waals surface area contributed by atoms with E-state index in [4.69, 9.17) is 21.1 Å². The van der Waals surface area contributed by atoms with E-state index in [0.29, 0.717) is 35.7 Å². The Balaban J connectivity index is 1.18. The second-order valence-corrected chi connectivity index (χ2v) is 15.7. The minimum absolute atomic E-state index is 0.0146. The first-order chi connectivity index (χ1) is 27.1. The van der Waals surface area contributed by atoms with Gasteiger partial charge in [-0.15, -0.1) is 0 Å². The van der Waals surface area contributed by atoms with Crippen molar-refractivity contribution in [3.8, 4) is 11.5 Å². The average molecular weight is 773 g/mol. The van der Waals surface area contributed by atoms with Gasteiger partial charge >= 0.3 is 0 Å². The van der Waals surface area contributed by atoms with Crippen LogP contribution in [0.25, 0.3) is 0 Å². The van der Waals surface area contributed by atoms with Crippen LogP contribution in [0.4, 0.5) is 17.1 Å². The van der Waals surface area contributed by atoms with Gasteiger partial charge in [0, 0.05) is 24.7 Å². The molecule has 6 unspecified atom stereocenters. The van der Waals surface area contributed by atoms with E-state index in [9.17, 15) is 19.5 Å². The van der Waals surface area contributed by atoms with Crippen molar-refractivity contribution in [2.75, 3.05) is 48.6 Å². The molecule has 9 rings (SSSR count). The molecule has 12 heteroatoms. The Labute approximate surface area is 329 Å². The number of phenolic OH excluding ortho intramolecular Hbond substituents is 1. The van der Waals surface area contributed by atoms with Crippen molar-refractivity contribution in [1.29, 1.82) is 0 Å². The zero-order chi connectivity index (χ0) is 38.9. The number of rotatable bonds is 7. The van der Waals surface area contributed by atoms with E-state index in [1.54, 1.807) is 12.1 Å². The first-order valence-corrected chi connectivity index (χ1v) is 19.4. The summed E-state index contributed by atoms with van der Waals surface area (Å²) in [4.78, 5) is 62.9. The number of ether oxygens (including phenoxy) is 2. The van der Waals surface area contributed by atoms with Crippen molar-refractivity contribution in [1.82, 2.24) is 5.01 Å². The number of aromatic hydroxyl groups is 1. The number of amides is 4. The van der Waals surface area contributed by atoms with Crippen molar-refractivity contribution in [3.63, 3.8) is 0 Å². The molecule has 0 aromatic heterocycles. The van der Waals surface area contributed by atoms with Gasteiger partial charge < -0.3 is 19.5 Å². The van der Waals surface area contributed by atoms with E-state index in [1.165, 1.54) is 12.0 Å². The third kappa shape index (κ3) is 5.43. The quantitative estimate of drug-likeness (QED) is 0.162. The molecule has 3 saturated heterocycles. The van der Waals surface area contributed by atoms with Crippen LogP contribution >= 0.6 is 11.6 Å². The number of imide groups is 2. The molecule has 1 saturated carbocycles. The number of anilines is 3. The maximum Gasteiger partial charge on any atom is 0.260 e. The fraction of sp³-hybridized carbons (Fsp3) is 0.318. The summed E-state index contributed by atoms with van der Waals surface area (Å²) in [6.45, 7) is 4.73. The van der Waals surface area contributed by atoms with Crippen LogP contribution < -0.4 is 20.0 Å². The smallest absolute Gasteiger partial charge is 0.260 e. The lowest BCUT2D eigenvalue weighted by atomic mass is 9.49. The normalized spacial score (nSPS) is 27.2. The summed E-state index contributed by atoms with van der Waals surface area (Å²) < 4.78 is 11.1. The number of hydrogen-bond acceptors (Lipinski definition) is 9. The summed E-state index contributed by atoms with van der Waals surface area (Å²) in [6.07, 6.45) is 2.42. The predicted octanol–water partition coefficient (Wildman–Crippen LogP) is 6.39. The maximum atomic E-state index is 15.4.